The summed E-state index contributed by atoms with van der Waals surface area (Å²) in [7, 11) is 0. The minimum Gasteiger partial charge on any atom is -0.320 e. The van der Waals surface area contributed by atoms with E-state index in [0.717, 1.165) is 5.56 Å². The van der Waals surface area contributed by atoms with Gasteiger partial charge in [-0.05, 0) is 36.8 Å². The first-order chi connectivity index (χ1) is 10.6. The van der Waals surface area contributed by atoms with E-state index in [2.05, 4.69) is 10.3 Å². The van der Waals surface area contributed by atoms with Gasteiger partial charge in [0.25, 0.3) is 11.5 Å². The SMILES string of the molecule is Cc1ccc(NC(=O)c2cnc3ccccn3c2=O)c(Cl)c1. The number of amides is 1. The van der Waals surface area contributed by atoms with Crippen molar-refractivity contribution in [2.24, 2.45) is 0 Å². The minimum atomic E-state index is -0.540. The molecule has 1 amide bonds. The van der Waals surface area contributed by atoms with E-state index in [1.165, 1.54) is 10.6 Å². The molecule has 0 radical (unpaired) electrons. The Morgan fingerprint density at radius 1 is 1.27 bits per heavy atom. The Hall–Kier alpha value is -2.66. The normalized spacial score (nSPS) is 10.6. The lowest BCUT2D eigenvalue weighted by Gasteiger charge is -2.08. The predicted molar refractivity (Wildman–Crippen MR) is 85.6 cm³/mol. The van der Waals surface area contributed by atoms with Crippen LogP contribution in [-0.2, 0) is 0 Å². The highest BCUT2D eigenvalue weighted by Crippen LogP contribution is 2.22. The number of hydrogen-bond donors (Lipinski definition) is 1. The third-order valence-corrected chi connectivity index (χ3v) is 3.54. The monoisotopic (exact) mass is 313 g/mol. The van der Waals surface area contributed by atoms with Crippen molar-refractivity contribution >= 4 is 28.8 Å². The lowest BCUT2D eigenvalue weighted by Crippen LogP contribution is -2.26. The molecule has 0 aliphatic heterocycles. The molecule has 0 saturated heterocycles. The van der Waals surface area contributed by atoms with Crippen LogP contribution in [0.2, 0.25) is 5.02 Å². The Labute approximate surface area is 131 Å². The van der Waals surface area contributed by atoms with Crippen molar-refractivity contribution in [1.29, 1.82) is 0 Å². The topological polar surface area (TPSA) is 63.5 Å². The maximum absolute atomic E-state index is 12.3. The van der Waals surface area contributed by atoms with Crippen molar-refractivity contribution in [1.82, 2.24) is 9.38 Å². The third-order valence-electron chi connectivity index (χ3n) is 3.23. The van der Waals surface area contributed by atoms with Crippen molar-refractivity contribution in [3.63, 3.8) is 0 Å². The Bertz CT molecular complexity index is 934. The number of hydrogen-bond acceptors (Lipinski definition) is 3. The maximum atomic E-state index is 12.3. The molecular weight excluding hydrogens is 302 g/mol. The average molecular weight is 314 g/mol. The number of nitrogens with zero attached hydrogens (tertiary/aromatic N) is 2. The Balaban J connectivity index is 1.99. The molecule has 22 heavy (non-hydrogen) atoms. The van der Waals surface area contributed by atoms with Crippen molar-refractivity contribution in [3.8, 4) is 0 Å². The standard InChI is InChI=1S/C16H12ClN3O2/c1-10-5-6-13(12(17)8-10)19-15(21)11-9-18-14-4-2-3-7-20(14)16(11)22/h2-9H,1H3,(H,19,21). The Morgan fingerprint density at radius 2 is 2.09 bits per heavy atom. The molecule has 0 bridgehead atoms. The van der Waals surface area contributed by atoms with Gasteiger partial charge in [-0.15, -0.1) is 0 Å². The molecule has 5 nitrogen and oxygen atoms in total. The van der Waals surface area contributed by atoms with Gasteiger partial charge < -0.3 is 5.32 Å². The molecule has 1 aromatic carbocycles. The fraction of sp³-hybridized carbons (Fsp3) is 0.0625. The summed E-state index contributed by atoms with van der Waals surface area (Å²) < 4.78 is 1.33. The number of aryl methyl sites for hydroxylation is 1. The Morgan fingerprint density at radius 3 is 2.86 bits per heavy atom. The van der Waals surface area contributed by atoms with Gasteiger partial charge in [-0.3, -0.25) is 14.0 Å². The van der Waals surface area contributed by atoms with Crippen LogP contribution in [0.3, 0.4) is 0 Å². The second-order valence-electron chi connectivity index (χ2n) is 4.84. The molecule has 2 heterocycles. The van der Waals surface area contributed by atoms with Gasteiger partial charge >= 0.3 is 0 Å². The van der Waals surface area contributed by atoms with E-state index in [-0.39, 0.29) is 5.56 Å². The number of anilines is 1. The van der Waals surface area contributed by atoms with Gasteiger partial charge in [0, 0.05) is 12.4 Å². The molecule has 3 aromatic rings. The average Bonchev–Trinajstić information content (AvgIpc) is 2.50. The van der Waals surface area contributed by atoms with Crippen LogP contribution in [0.4, 0.5) is 5.69 Å². The molecule has 0 unspecified atom stereocenters. The zero-order chi connectivity index (χ0) is 15.7. The summed E-state index contributed by atoms with van der Waals surface area (Å²) in [5.41, 5.74) is 1.45. The van der Waals surface area contributed by atoms with Crippen molar-refractivity contribution in [2.45, 2.75) is 6.92 Å². The van der Waals surface area contributed by atoms with E-state index in [0.29, 0.717) is 16.4 Å². The number of rotatable bonds is 2. The molecule has 6 heteroatoms. The summed E-state index contributed by atoms with van der Waals surface area (Å²) in [4.78, 5) is 28.7. The van der Waals surface area contributed by atoms with Crippen LogP contribution < -0.4 is 10.9 Å². The fourth-order valence-corrected chi connectivity index (χ4v) is 2.38. The van der Waals surface area contributed by atoms with Crippen LogP contribution >= 0.6 is 11.6 Å². The molecule has 0 aliphatic carbocycles. The van der Waals surface area contributed by atoms with Gasteiger partial charge in [0.1, 0.15) is 11.2 Å². The summed E-state index contributed by atoms with van der Waals surface area (Å²) in [5.74, 6) is -0.540. The molecule has 3 rings (SSSR count). The van der Waals surface area contributed by atoms with E-state index >= 15 is 0 Å². The van der Waals surface area contributed by atoms with E-state index < -0.39 is 11.5 Å². The fourth-order valence-electron chi connectivity index (χ4n) is 2.09. The summed E-state index contributed by atoms with van der Waals surface area (Å²) in [6, 6.07) is 10.4. The maximum Gasteiger partial charge on any atom is 0.270 e. The van der Waals surface area contributed by atoms with Crippen molar-refractivity contribution in [2.75, 3.05) is 5.32 Å². The summed E-state index contributed by atoms with van der Waals surface area (Å²) >= 11 is 6.08. The highest BCUT2D eigenvalue weighted by atomic mass is 35.5. The molecular formula is C16H12ClN3O2. The largest absolute Gasteiger partial charge is 0.320 e. The van der Waals surface area contributed by atoms with Gasteiger partial charge in [0.15, 0.2) is 0 Å². The first kappa shape index (κ1) is 14.3. The summed E-state index contributed by atoms with van der Waals surface area (Å²) in [6.07, 6.45) is 2.84. The number of halogens is 1. The van der Waals surface area contributed by atoms with Crippen LogP contribution in [0.5, 0.6) is 0 Å². The van der Waals surface area contributed by atoms with Crippen LogP contribution in [-0.4, -0.2) is 15.3 Å². The third kappa shape index (κ3) is 2.58. The number of carbonyl (C=O) groups is 1. The first-order valence-corrected chi connectivity index (χ1v) is 6.98. The zero-order valence-electron chi connectivity index (χ0n) is 11.7. The molecule has 0 spiro atoms. The zero-order valence-corrected chi connectivity index (χ0v) is 12.5. The Kier molecular flexibility index (Phi) is 3.65. The lowest BCUT2D eigenvalue weighted by atomic mass is 10.2. The minimum absolute atomic E-state index is 0.0414. The van der Waals surface area contributed by atoms with E-state index in [1.54, 1.807) is 36.5 Å². The van der Waals surface area contributed by atoms with Crippen molar-refractivity contribution in [3.05, 3.63) is 75.3 Å². The van der Waals surface area contributed by atoms with Gasteiger partial charge in [-0.2, -0.15) is 0 Å². The van der Waals surface area contributed by atoms with Gasteiger partial charge in [-0.25, -0.2) is 4.98 Å². The van der Waals surface area contributed by atoms with Crippen LogP contribution in [0.15, 0.2) is 53.6 Å². The highest BCUT2D eigenvalue weighted by Gasteiger charge is 2.14. The predicted octanol–water partition coefficient (Wildman–Crippen LogP) is 2.91. The van der Waals surface area contributed by atoms with Crippen LogP contribution in [0, 0.1) is 6.92 Å². The molecule has 0 fully saturated rings. The van der Waals surface area contributed by atoms with E-state index in [1.807, 2.05) is 13.0 Å². The summed E-state index contributed by atoms with van der Waals surface area (Å²) in [5, 5.41) is 3.05. The number of aromatic nitrogens is 2. The van der Waals surface area contributed by atoms with Crippen LogP contribution in [0.25, 0.3) is 5.65 Å². The molecule has 0 aliphatic rings. The van der Waals surface area contributed by atoms with Crippen LogP contribution in [0.1, 0.15) is 15.9 Å². The quantitative estimate of drug-likeness (QED) is 0.791. The molecule has 0 saturated carbocycles. The van der Waals surface area contributed by atoms with E-state index in [4.69, 9.17) is 11.6 Å². The number of pyridine rings is 1. The second kappa shape index (κ2) is 5.61. The lowest BCUT2D eigenvalue weighted by molar-refractivity contribution is 0.102. The van der Waals surface area contributed by atoms with E-state index in [9.17, 15) is 9.59 Å². The highest BCUT2D eigenvalue weighted by molar-refractivity contribution is 6.34. The van der Waals surface area contributed by atoms with Crippen molar-refractivity contribution < 1.29 is 4.79 Å². The van der Waals surface area contributed by atoms with Gasteiger partial charge in [-0.1, -0.05) is 23.7 Å². The number of benzene rings is 1. The number of nitrogens with one attached hydrogen (secondary N) is 1. The smallest absolute Gasteiger partial charge is 0.270 e. The van der Waals surface area contributed by atoms with Gasteiger partial charge in [0.05, 0.1) is 10.7 Å². The molecule has 0 atom stereocenters. The number of carbonyl (C=O) groups excluding carboxylic acids is 1. The van der Waals surface area contributed by atoms with Gasteiger partial charge in [0.2, 0.25) is 0 Å². The number of fused-ring (bicyclic) bond motifs is 1. The first-order valence-electron chi connectivity index (χ1n) is 6.60. The summed E-state index contributed by atoms with van der Waals surface area (Å²) in [6.45, 7) is 1.90. The second-order valence-corrected chi connectivity index (χ2v) is 5.25. The molecule has 110 valence electrons. The molecule has 2 aromatic heterocycles. The molecule has 1 N–H and O–H groups in total.